The molecule has 2 N–H and O–H groups in total. The molecule has 6 fully saturated rings. The number of halogens is 12. The highest BCUT2D eigenvalue weighted by molar-refractivity contribution is 5.87. The van der Waals surface area contributed by atoms with Gasteiger partial charge in [0.2, 0.25) is 0 Å². The second kappa shape index (κ2) is 15.4. The number of carbonyl (C=O) groups is 1. The van der Waals surface area contributed by atoms with Crippen LogP contribution in [-0.4, -0.2) is 64.3 Å². The number of hydrogen-bond donors (Lipinski definition) is 2. The summed E-state index contributed by atoms with van der Waals surface area (Å²) in [6.07, 6.45) is -23.4. The summed E-state index contributed by atoms with van der Waals surface area (Å²) in [4.78, 5) is 13.0. The van der Waals surface area contributed by atoms with Crippen LogP contribution in [0, 0.1) is 71.0 Å². The Kier molecular flexibility index (Phi) is 12.0. The summed E-state index contributed by atoms with van der Waals surface area (Å²) in [5.74, 6) is -15.2. The van der Waals surface area contributed by atoms with Crippen LogP contribution in [0.4, 0.5) is 52.7 Å². The Bertz CT molecular complexity index is 1460. The Balaban J connectivity index is 1.38. The summed E-state index contributed by atoms with van der Waals surface area (Å²) >= 11 is 0. The largest absolute Gasteiger partial charge is 0.498 e. The van der Waals surface area contributed by atoms with Gasteiger partial charge in [-0.25, -0.2) is 4.79 Å². The molecule has 0 radical (unpaired) electrons. The molecule has 14 unspecified atom stereocenters. The second-order valence-corrected chi connectivity index (χ2v) is 18.0. The molecule has 0 aromatic rings. The van der Waals surface area contributed by atoms with Crippen molar-refractivity contribution < 1.29 is 77.2 Å². The number of esters is 1. The van der Waals surface area contributed by atoms with Gasteiger partial charge in [0.1, 0.15) is 12.2 Å². The molecule has 6 rings (SSSR count). The first-order valence-corrected chi connectivity index (χ1v) is 20.2. The van der Waals surface area contributed by atoms with Crippen LogP contribution in [0.5, 0.6) is 0 Å². The normalized spacial score (nSPS) is 39.4. The first-order chi connectivity index (χ1) is 26.3. The average Bonchev–Trinajstić information content (AvgIpc) is 3.12. The molecule has 57 heavy (non-hydrogen) atoms. The van der Waals surface area contributed by atoms with Crippen LogP contribution < -0.4 is 0 Å². The lowest BCUT2D eigenvalue weighted by molar-refractivity contribution is -0.404. The van der Waals surface area contributed by atoms with Gasteiger partial charge in [-0.15, -0.1) is 0 Å². The molecule has 0 spiro atoms. The molecule has 0 aliphatic heterocycles. The third kappa shape index (κ3) is 7.29. The molecule has 6 aliphatic carbocycles. The highest BCUT2D eigenvalue weighted by Crippen LogP contribution is 2.66. The minimum absolute atomic E-state index is 0.0228. The maximum Gasteiger partial charge on any atom is 0.426 e. The topological polar surface area (TPSA) is 76.0 Å². The third-order valence-electron chi connectivity index (χ3n) is 15.5. The minimum atomic E-state index is -6.09. The van der Waals surface area contributed by atoms with E-state index in [4.69, 9.17) is 9.47 Å². The Morgan fingerprint density at radius 1 is 0.544 bits per heavy atom. The average molecular weight is 841 g/mol. The van der Waals surface area contributed by atoms with Crippen molar-refractivity contribution >= 4 is 5.97 Å². The lowest BCUT2D eigenvalue weighted by atomic mass is 9.46. The molecule has 0 aromatic heterocycles. The van der Waals surface area contributed by atoms with Crippen molar-refractivity contribution in [2.45, 2.75) is 145 Å². The van der Waals surface area contributed by atoms with Gasteiger partial charge < -0.3 is 19.7 Å². The smallest absolute Gasteiger partial charge is 0.426 e. The Labute approximate surface area is 324 Å². The number of rotatable bonds is 7. The molecule has 0 aromatic carbocycles. The molecule has 0 bridgehead atoms. The molecule has 0 saturated heterocycles. The Morgan fingerprint density at radius 3 is 1.23 bits per heavy atom. The second-order valence-electron chi connectivity index (χ2n) is 18.0. The van der Waals surface area contributed by atoms with Crippen molar-refractivity contribution in [3.63, 3.8) is 0 Å². The summed E-state index contributed by atoms with van der Waals surface area (Å²) in [7, 11) is 0. The molecule has 326 valence electrons. The Hall–Kier alpha value is -2.17. The van der Waals surface area contributed by atoms with E-state index in [0.717, 1.165) is 6.26 Å². The van der Waals surface area contributed by atoms with Gasteiger partial charge >= 0.3 is 30.7 Å². The number of ether oxygens (including phenoxy) is 2. The van der Waals surface area contributed by atoms with E-state index in [0.29, 0.717) is 25.7 Å². The third-order valence-corrected chi connectivity index (χ3v) is 15.5. The summed E-state index contributed by atoms with van der Waals surface area (Å²) in [6, 6.07) is 0. The van der Waals surface area contributed by atoms with E-state index in [1.807, 2.05) is 0 Å². The molecule has 17 heteroatoms. The number of hydrogen-bond acceptors (Lipinski definition) is 5. The summed E-state index contributed by atoms with van der Waals surface area (Å²) in [6.45, 7) is 8.55. The van der Waals surface area contributed by atoms with Gasteiger partial charge in [-0.3, -0.25) is 0 Å². The zero-order valence-electron chi connectivity index (χ0n) is 31.6. The molecule has 6 saturated carbocycles. The highest BCUT2D eigenvalue weighted by atomic mass is 19.4. The number of alkyl halides is 12. The van der Waals surface area contributed by atoms with Gasteiger partial charge in [-0.05, 0) is 130 Å². The SMILES string of the molecule is C=COC1C2CCCCC2C(C(O)(C(F)(F)F)C(F)(F)F)C2CCC(C3CCC4C(C3)C(OC(=O)C(=C)C)C3CCCCC3C4C(O)(C(F)(F)F)C(F)(F)F)CC21. The maximum atomic E-state index is 14.7. The van der Waals surface area contributed by atoms with Crippen molar-refractivity contribution in [1.29, 1.82) is 0 Å². The van der Waals surface area contributed by atoms with Crippen molar-refractivity contribution in [1.82, 2.24) is 0 Å². The van der Waals surface area contributed by atoms with Gasteiger partial charge in [-0.1, -0.05) is 38.8 Å². The van der Waals surface area contributed by atoms with Gasteiger partial charge in [0.25, 0.3) is 11.2 Å². The molecule has 0 amide bonds. The first-order valence-electron chi connectivity index (χ1n) is 20.2. The zero-order valence-corrected chi connectivity index (χ0v) is 31.6. The van der Waals surface area contributed by atoms with Crippen LogP contribution in [-0.2, 0) is 14.3 Å². The lowest BCUT2D eigenvalue weighted by Crippen LogP contribution is -2.70. The molecular weight excluding hydrogens is 788 g/mol. The van der Waals surface area contributed by atoms with E-state index in [-0.39, 0.29) is 69.8 Å². The molecular formula is C40H52F12O5. The van der Waals surface area contributed by atoms with Crippen LogP contribution in [0.15, 0.2) is 25.0 Å². The first kappa shape index (κ1) is 44.4. The Morgan fingerprint density at radius 2 is 0.877 bits per heavy atom. The predicted molar refractivity (Wildman–Crippen MR) is 180 cm³/mol. The van der Waals surface area contributed by atoms with E-state index < -0.39 is 125 Å². The van der Waals surface area contributed by atoms with Gasteiger partial charge in [0.05, 0.1) is 6.26 Å². The highest BCUT2D eigenvalue weighted by Gasteiger charge is 2.79. The fraction of sp³-hybridized carbons (Fsp3) is 0.875. The van der Waals surface area contributed by atoms with Gasteiger partial charge in [0.15, 0.2) is 0 Å². The fourth-order valence-corrected chi connectivity index (χ4v) is 13.4. The summed E-state index contributed by atoms with van der Waals surface area (Å²) < 4.78 is 188. The van der Waals surface area contributed by atoms with E-state index in [9.17, 15) is 67.7 Å². The van der Waals surface area contributed by atoms with Crippen molar-refractivity contribution in [2.75, 3.05) is 0 Å². The molecule has 6 aliphatic rings. The quantitative estimate of drug-likeness (QED) is 0.116. The predicted octanol–water partition coefficient (Wildman–Crippen LogP) is 10.7. The van der Waals surface area contributed by atoms with Crippen LogP contribution in [0.1, 0.15) is 96.8 Å². The fourth-order valence-electron chi connectivity index (χ4n) is 13.4. The van der Waals surface area contributed by atoms with Crippen LogP contribution in [0.2, 0.25) is 0 Å². The summed E-state index contributed by atoms with van der Waals surface area (Å²) in [5, 5.41) is 21.9. The standard InChI is InChI=1S/C40H52F12O5/c1-4-56-32-26-11-7-5-9-22(26)30(35(54,37(41,42)43)38(44,45)46)24-15-13-20(17-28(24)32)21-14-16-25-29(18-21)33(57-34(53)19(2)3)27-12-8-6-10-23(27)31(25)36(55,39(47,48)49)40(50,51)52/h4,20-33,54-55H,1-2,5-18H2,3H3. The lowest BCUT2D eigenvalue weighted by Gasteiger charge is -2.61. The number of carbonyl (C=O) groups excluding carboxylic acids is 1. The molecule has 0 heterocycles. The van der Waals surface area contributed by atoms with Crippen LogP contribution in [0.25, 0.3) is 0 Å². The van der Waals surface area contributed by atoms with E-state index in [1.54, 1.807) is 0 Å². The summed E-state index contributed by atoms with van der Waals surface area (Å²) in [5.41, 5.74) is -10.1. The van der Waals surface area contributed by atoms with E-state index in [2.05, 4.69) is 13.2 Å². The maximum absolute atomic E-state index is 14.7. The van der Waals surface area contributed by atoms with Crippen molar-refractivity contribution in [2.24, 2.45) is 71.0 Å². The zero-order chi connectivity index (χ0) is 42.3. The van der Waals surface area contributed by atoms with E-state index >= 15 is 0 Å². The van der Waals surface area contributed by atoms with Crippen molar-refractivity contribution in [3.8, 4) is 0 Å². The van der Waals surface area contributed by atoms with E-state index in [1.165, 1.54) is 6.92 Å². The minimum Gasteiger partial charge on any atom is -0.498 e. The molecule has 5 nitrogen and oxygen atoms in total. The van der Waals surface area contributed by atoms with Crippen LogP contribution >= 0.6 is 0 Å². The van der Waals surface area contributed by atoms with Crippen molar-refractivity contribution in [3.05, 3.63) is 25.0 Å². The number of fused-ring (bicyclic) bond motifs is 4. The number of aliphatic hydroxyl groups is 2. The molecule has 14 atom stereocenters. The van der Waals surface area contributed by atoms with Gasteiger partial charge in [0, 0.05) is 17.4 Å². The van der Waals surface area contributed by atoms with Crippen LogP contribution in [0.3, 0.4) is 0 Å². The van der Waals surface area contributed by atoms with Gasteiger partial charge in [-0.2, -0.15) is 52.7 Å². The monoisotopic (exact) mass is 840 g/mol.